The van der Waals surface area contributed by atoms with Crippen molar-refractivity contribution in [2.24, 2.45) is 5.92 Å². The van der Waals surface area contributed by atoms with Gasteiger partial charge in [0.05, 0.1) is 18.1 Å². The van der Waals surface area contributed by atoms with Crippen LogP contribution in [0.25, 0.3) is 0 Å². The second-order valence-corrected chi connectivity index (χ2v) is 10.5. The molecule has 0 aliphatic rings. The normalized spacial score (nSPS) is 13.7. The van der Waals surface area contributed by atoms with Gasteiger partial charge in [0.2, 0.25) is 10.0 Å². The van der Waals surface area contributed by atoms with Crippen LogP contribution >= 0.6 is 0 Å². The molecule has 0 amide bonds. The summed E-state index contributed by atoms with van der Waals surface area (Å²) in [5.74, 6) is 0.153. The Labute approximate surface area is 195 Å². The second-order valence-electron chi connectivity index (χ2n) is 8.79. The molecule has 5 heteroatoms. The average molecular weight is 460 g/mol. The van der Waals surface area contributed by atoms with Gasteiger partial charge in [-0.1, -0.05) is 100 Å². The van der Waals surface area contributed by atoms with Crippen molar-refractivity contribution in [3.05, 3.63) is 65.7 Å². The van der Waals surface area contributed by atoms with E-state index in [1.165, 1.54) is 12.8 Å². The smallest absolute Gasteiger partial charge is 0.240 e. The van der Waals surface area contributed by atoms with E-state index in [9.17, 15) is 8.42 Å². The number of sulfonamides is 1. The van der Waals surface area contributed by atoms with Gasteiger partial charge in [-0.2, -0.15) is 0 Å². The molecule has 2 aromatic rings. The minimum absolute atomic E-state index is 0.125. The molecule has 0 aliphatic heterocycles. The molecule has 32 heavy (non-hydrogen) atoms. The number of aryl methyl sites for hydroxylation is 1. The largest absolute Gasteiger partial charge is 0.376 e. The van der Waals surface area contributed by atoms with E-state index in [4.69, 9.17) is 4.74 Å². The first-order valence-corrected chi connectivity index (χ1v) is 13.6. The van der Waals surface area contributed by atoms with Crippen molar-refractivity contribution >= 4 is 10.0 Å². The quantitative estimate of drug-likeness (QED) is 0.286. The van der Waals surface area contributed by atoms with E-state index >= 15 is 0 Å². The Bertz CT molecular complexity index is 850. The minimum Gasteiger partial charge on any atom is -0.376 e. The van der Waals surface area contributed by atoms with Crippen LogP contribution < -0.4 is 4.72 Å². The van der Waals surface area contributed by atoms with Gasteiger partial charge in [-0.05, 0) is 43.4 Å². The lowest BCUT2D eigenvalue weighted by atomic mass is 9.91. The van der Waals surface area contributed by atoms with Crippen LogP contribution in [0.2, 0.25) is 0 Å². The van der Waals surface area contributed by atoms with Crippen LogP contribution in [0, 0.1) is 12.8 Å². The zero-order valence-corrected chi connectivity index (χ0v) is 20.9. The summed E-state index contributed by atoms with van der Waals surface area (Å²) in [4.78, 5) is 0.334. The molecule has 0 saturated carbocycles. The Morgan fingerprint density at radius 3 is 2.19 bits per heavy atom. The molecule has 2 aromatic carbocycles. The Morgan fingerprint density at radius 2 is 1.53 bits per heavy atom. The molecule has 0 bridgehead atoms. The number of nitrogens with one attached hydrogen (secondary N) is 1. The maximum atomic E-state index is 13.2. The summed E-state index contributed by atoms with van der Waals surface area (Å²) < 4.78 is 35.5. The van der Waals surface area contributed by atoms with Gasteiger partial charge in [0.25, 0.3) is 0 Å². The zero-order chi connectivity index (χ0) is 23.2. The maximum absolute atomic E-state index is 13.2. The van der Waals surface area contributed by atoms with E-state index in [0.717, 1.165) is 49.7 Å². The number of hydrogen-bond donors (Lipinski definition) is 1. The molecule has 0 spiro atoms. The second kappa shape index (κ2) is 14.5. The monoisotopic (exact) mass is 459 g/mol. The van der Waals surface area contributed by atoms with Crippen molar-refractivity contribution in [1.82, 2.24) is 4.72 Å². The fraction of sp³-hybridized carbons (Fsp3) is 0.556. The van der Waals surface area contributed by atoms with Crippen molar-refractivity contribution < 1.29 is 13.2 Å². The van der Waals surface area contributed by atoms with Crippen LogP contribution in [0.1, 0.15) is 76.3 Å². The first-order valence-electron chi connectivity index (χ1n) is 12.2. The maximum Gasteiger partial charge on any atom is 0.240 e. The van der Waals surface area contributed by atoms with E-state index in [0.29, 0.717) is 18.1 Å². The number of rotatable bonds is 16. The molecule has 4 nitrogen and oxygen atoms in total. The van der Waals surface area contributed by atoms with Crippen molar-refractivity contribution in [2.45, 2.75) is 89.7 Å². The summed E-state index contributed by atoms with van der Waals surface area (Å²) in [6.45, 7) is 7.44. The number of unbranched alkanes of at least 4 members (excludes halogenated alkanes) is 4. The molecule has 2 rings (SSSR count). The highest BCUT2D eigenvalue weighted by Crippen LogP contribution is 2.22. The molecule has 178 valence electrons. The highest BCUT2D eigenvalue weighted by Gasteiger charge is 2.27. The van der Waals surface area contributed by atoms with Crippen LogP contribution in [0.15, 0.2) is 59.5 Å². The van der Waals surface area contributed by atoms with Crippen molar-refractivity contribution in [3.8, 4) is 0 Å². The fourth-order valence-corrected chi connectivity index (χ4v) is 5.28. The first-order chi connectivity index (χ1) is 15.5. The lowest BCUT2D eigenvalue weighted by Gasteiger charge is -2.28. The predicted octanol–water partition coefficient (Wildman–Crippen LogP) is 6.64. The molecule has 0 aliphatic carbocycles. The fourth-order valence-electron chi connectivity index (χ4n) is 3.94. The molecule has 0 aromatic heterocycles. The topological polar surface area (TPSA) is 55.4 Å². The van der Waals surface area contributed by atoms with Crippen LogP contribution in [-0.4, -0.2) is 21.1 Å². The molecule has 1 N–H and O–H groups in total. The molecular weight excluding hydrogens is 418 g/mol. The number of benzene rings is 2. The van der Waals surface area contributed by atoms with E-state index in [-0.39, 0.29) is 12.0 Å². The van der Waals surface area contributed by atoms with Crippen LogP contribution in [-0.2, 0) is 21.4 Å². The summed E-state index contributed by atoms with van der Waals surface area (Å²) >= 11 is 0. The third-order valence-corrected chi connectivity index (χ3v) is 7.45. The molecule has 0 fully saturated rings. The minimum atomic E-state index is -3.57. The Morgan fingerprint density at radius 1 is 0.844 bits per heavy atom. The van der Waals surface area contributed by atoms with Gasteiger partial charge < -0.3 is 4.74 Å². The standard InChI is InChI=1S/C27H41NO3S/c1-4-6-8-12-16-27(28-32(29,30)26-19-17-23(3)18-20-26)25(15-7-5-2)22-31-21-24-13-10-9-11-14-24/h9-11,13-14,17-20,25,27-28H,4-8,12,15-16,21-22H2,1-3H3/t25-,27+/m0/s1. The summed E-state index contributed by atoms with van der Waals surface area (Å²) in [6, 6.07) is 17.1. The van der Waals surface area contributed by atoms with E-state index < -0.39 is 10.0 Å². The summed E-state index contributed by atoms with van der Waals surface area (Å²) in [7, 11) is -3.57. The average Bonchev–Trinajstić information content (AvgIpc) is 2.79. The van der Waals surface area contributed by atoms with Crippen LogP contribution in [0.4, 0.5) is 0 Å². The van der Waals surface area contributed by atoms with E-state index in [1.807, 2.05) is 37.3 Å². The Kier molecular flexibility index (Phi) is 12.0. The first kappa shape index (κ1) is 26.6. The molecule has 2 atom stereocenters. The molecule has 0 saturated heterocycles. The van der Waals surface area contributed by atoms with Gasteiger partial charge in [-0.15, -0.1) is 0 Å². The van der Waals surface area contributed by atoms with Gasteiger partial charge in [0.1, 0.15) is 0 Å². The summed E-state index contributed by atoms with van der Waals surface area (Å²) in [5, 5.41) is 0. The van der Waals surface area contributed by atoms with Crippen molar-refractivity contribution in [2.75, 3.05) is 6.61 Å². The van der Waals surface area contributed by atoms with Gasteiger partial charge in [0.15, 0.2) is 0 Å². The lowest BCUT2D eigenvalue weighted by Crippen LogP contribution is -2.42. The predicted molar refractivity (Wildman–Crippen MR) is 133 cm³/mol. The van der Waals surface area contributed by atoms with E-state index in [2.05, 4.69) is 30.7 Å². The number of ether oxygens (including phenoxy) is 1. The Balaban J connectivity index is 2.12. The molecule has 0 unspecified atom stereocenters. The third-order valence-electron chi connectivity index (χ3n) is 5.95. The summed E-state index contributed by atoms with van der Waals surface area (Å²) in [6.07, 6.45) is 8.45. The number of hydrogen-bond acceptors (Lipinski definition) is 3. The van der Waals surface area contributed by atoms with Crippen molar-refractivity contribution in [1.29, 1.82) is 0 Å². The third kappa shape index (κ3) is 9.43. The van der Waals surface area contributed by atoms with E-state index in [1.54, 1.807) is 12.1 Å². The molecule has 0 heterocycles. The highest BCUT2D eigenvalue weighted by molar-refractivity contribution is 7.89. The van der Waals surface area contributed by atoms with Gasteiger partial charge in [-0.3, -0.25) is 0 Å². The summed E-state index contributed by atoms with van der Waals surface area (Å²) in [5.41, 5.74) is 2.19. The highest BCUT2D eigenvalue weighted by atomic mass is 32.2. The van der Waals surface area contributed by atoms with Gasteiger partial charge in [0, 0.05) is 6.04 Å². The Hall–Kier alpha value is -1.69. The van der Waals surface area contributed by atoms with Crippen LogP contribution in [0.3, 0.4) is 0 Å². The van der Waals surface area contributed by atoms with Crippen molar-refractivity contribution in [3.63, 3.8) is 0 Å². The van der Waals surface area contributed by atoms with Gasteiger partial charge >= 0.3 is 0 Å². The zero-order valence-electron chi connectivity index (χ0n) is 20.1. The molecule has 0 radical (unpaired) electrons. The SMILES string of the molecule is CCCCCC[C@@H](NS(=O)(=O)c1ccc(C)cc1)[C@@H](CCCC)COCc1ccccc1. The van der Waals surface area contributed by atoms with Gasteiger partial charge in [-0.25, -0.2) is 13.1 Å². The lowest BCUT2D eigenvalue weighted by molar-refractivity contribution is 0.0704. The van der Waals surface area contributed by atoms with Crippen LogP contribution in [0.5, 0.6) is 0 Å². The molecular formula is C27H41NO3S.